The SMILES string of the molecule is Cc1nccc(CC2(C=O)CC2)n1. The highest BCUT2D eigenvalue weighted by Crippen LogP contribution is 2.45. The smallest absolute Gasteiger partial charge is 0.126 e. The van der Waals surface area contributed by atoms with Crippen LogP contribution in [0.5, 0.6) is 0 Å². The minimum atomic E-state index is -0.0825. The summed E-state index contributed by atoms with van der Waals surface area (Å²) in [4.78, 5) is 19.0. The Hall–Kier alpha value is -1.25. The molecule has 1 heterocycles. The van der Waals surface area contributed by atoms with Crippen molar-refractivity contribution in [3.05, 3.63) is 23.8 Å². The van der Waals surface area contributed by atoms with E-state index < -0.39 is 0 Å². The Morgan fingerprint density at radius 3 is 2.92 bits per heavy atom. The van der Waals surface area contributed by atoms with Crippen LogP contribution in [0.4, 0.5) is 0 Å². The first-order chi connectivity index (χ1) is 6.24. The average molecular weight is 176 g/mol. The predicted molar refractivity (Wildman–Crippen MR) is 48.2 cm³/mol. The van der Waals surface area contributed by atoms with Crippen molar-refractivity contribution in [1.29, 1.82) is 0 Å². The number of hydrogen-bond acceptors (Lipinski definition) is 3. The maximum atomic E-state index is 10.7. The molecular formula is C10H12N2O. The molecule has 1 fully saturated rings. The van der Waals surface area contributed by atoms with E-state index in [0.717, 1.165) is 37.1 Å². The summed E-state index contributed by atoms with van der Waals surface area (Å²) in [6.45, 7) is 1.87. The van der Waals surface area contributed by atoms with E-state index in [1.54, 1.807) is 6.20 Å². The van der Waals surface area contributed by atoms with Crippen LogP contribution in [0.25, 0.3) is 0 Å². The van der Waals surface area contributed by atoms with Gasteiger partial charge in [0.1, 0.15) is 12.1 Å². The number of carbonyl (C=O) groups is 1. The fraction of sp³-hybridized carbons (Fsp3) is 0.500. The van der Waals surface area contributed by atoms with Crippen molar-refractivity contribution in [2.75, 3.05) is 0 Å². The van der Waals surface area contributed by atoms with Gasteiger partial charge >= 0.3 is 0 Å². The molecule has 0 amide bonds. The van der Waals surface area contributed by atoms with E-state index >= 15 is 0 Å². The summed E-state index contributed by atoms with van der Waals surface area (Å²) in [5.41, 5.74) is 0.901. The second kappa shape index (κ2) is 2.91. The molecule has 0 aromatic carbocycles. The molecule has 0 bridgehead atoms. The van der Waals surface area contributed by atoms with Crippen molar-refractivity contribution in [3.63, 3.8) is 0 Å². The van der Waals surface area contributed by atoms with Crippen molar-refractivity contribution in [3.8, 4) is 0 Å². The summed E-state index contributed by atoms with van der Waals surface area (Å²) in [5, 5.41) is 0. The molecule has 1 saturated carbocycles. The van der Waals surface area contributed by atoms with Crippen LogP contribution in [0.1, 0.15) is 24.4 Å². The van der Waals surface area contributed by atoms with Gasteiger partial charge in [0.15, 0.2) is 0 Å². The van der Waals surface area contributed by atoms with Gasteiger partial charge in [0.2, 0.25) is 0 Å². The zero-order chi connectivity index (χ0) is 9.31. The van der Waals surface area contributed by atoms with Gasteiger partial charge in [-0.1, -0.05) is 0 Å². The highest BCUT2D eigenvalue weighted by Gasteiger charge is 2.42. The molecule has 0 unspecified atom stereocenters. The highest BCUT2D eigenvalue weighted by molar-refractivity contribution is 5.64. The minimum Gasteiger partial charge on any atom is -0.303 e. The number of carbonyl (C=O) groups excluding carboxylic acids is 1. The molecule has 0 atom stereocenters. The number of hydrogen-bond donors (Lipinski definition) is 0. The maximum Gasteiger partial charge on any atom is 0.126 e. The van der Waals surface area contributed by atoms with Gasteiger partial charge in [-0.3, -0.25) is 0 Å². The number of aldehydes is 1. The van der Waals surface area contributed by atoms with Gasteiger partial charge in [-0.25, -0.2) is 9.97 Å². The Bertz CT molecular complexity index is 331. The molecule has 1 aromatic heterocycles. The molecule has 0 radical (unpaired) electrons. The van der Waals surface area contributed by atoms with E-state index in [4.69, 9.17) is 0 Å². The van der Waals surface area contributed by atoms with Gasteiger partial charge in [-0.15, -0.1) is 0 Å². The molecule has 3 nitrogen and oxygen atoms in total. The van der Waals surface area contributed by atoms with E-state index in [-0.39, 0.29) is 5.41 Å². The summed E-state index contributed by atoms with van der Waals surface area (Å²) in [5.74, 6) is 0.777. The van der Waals surface area contributed by atoms with Crippen LogP contribution >= 0.6 is 0 Å². The van der Waals surface area contributed by atoms with E-state index in [1.807, 2.05) is 13.0 Å². The molecule has 0 saturated heterocycles. The summed E-state index contributed by atoms with van der Waals surface area (Å²) in [6.07, 6.45) is 5.63. The van der Waals surface area contributed by atoms with Crippen molar-refractivity contribution in [1.82, 2.24) is 9.97 Å². The van der Waals surface area contributed by atoms with Gasteiger partial charge in [-0.05, 0) is 25.8 Å². The number of aromatic nitrogens is 2. The van der Waals surface area contributed by atoms with Crippen LogP contribution < -0.4 is 0 Å². The molecule has 2 rings (SSSR count). The first-order valence-corrected chi connectivity index (χ1v) is 4.49. The second-order valence-corrected chi connectivity index (χ2v) is 3.75. The molecule has 0 spiro atoms. The summed E-state index contributed by atoms with van der Waals surface area (Å²) in [7, 11) is 0. The lowest BCUT2D eigenvalue weighted by Crippen LogP contribution is -2.08. The fourth-order valence-electron chi connectivity index (χ4n) is 1.46. The monoisotopic (exact) mass is 176 g/mol. The zero-order valence-corrected chi connectivity index (χ0v) is 7.66. The van der Waals surface area contributed by atoms with Crippen LogP contribution in [0.2, 0.25) is 0 Å². The Kier molecular flexibility index (Phi) is 1.87. The van der Waals surface area contributed by atoms with Crippen molar-refractivity contribution >= 4 is 6.29 Å². The van der Waals surface area contributed by atoms with E-state index in [0.29, 0.717) is 0 Å². The predicted octanol–water partition coefficient (Wildman–Crippen LogP) is 1.31. The van der Waals surface area contributed by atoms with Crippen LogP contribution in [0, 0.1) is 12.3 Å². The first kappa shape index (κ1) is 8.35. The molecule has 13 heavy (non-hydrogen) atoms. The largest absolute Gasteiger partial charge is 0.303 e. The van der Waals surface area contributed by atoms with Crippen molar-refractivity contribution in [2.45, 2.75) is 26.2 Å². The molecule has 1 aromatic rings. The molecule has 0 aliphatic heterocycles. The number of rotatable bonds is 3. The van der Waals surface area contributed by atoms with Gasteiger partial charge in [0, 0.05) is 23.7 Å². The topological polar surface area (TPSA) is 42.9 Å². The zero-order valence-electron chi connectivity index (χ0n) is 7.66. The third kappa shape index (κ3) is 1.74. The quantitative estimate of drug-likeness (QED) is 0.652. The van der Waals surface area contributed by atoms with E-state index in [2.05, 4.69) is 9.97 Å². The van der Waals surface area contributed by atoms with Gasteiger partial charge in [0.05, 0.1) is 0 Å². The molecule has 3 heteroatoms. The van der Waals surface area contributed by atoms with Crippen LogP contribution in [0.3, 0.4) is 0 Å². The third-order valence-corrected chi connectivity index (χ3v) is 2.51. The Balaban J connectivity index is 2.14. The first-order valence-electron chi connectivity index (χ1n) is 4.49. The highest BCUT2D eigenvalue weighted by atomic mass is 16.1. The molecular weight excluding hydrogens is 164 g/mol. The van der Waals surface area contributed by atoms with Gasteiger partial charge < -0.3 is 4.79 Å². The average Bonchev–Trinajstić information content (AvgIpc) is 2.86. The van der Waals surface area contributed by atoms with Crippen LogP contribution in [0.15, 0.2) is 12.3 Å². The maximum absolute atomic E-state index is 10.7. The summed E-state index contributed by atoms with van der Waals surface area (Å²) < 4.78 is 0. The van der Waals surface area contributed by atoms with Gasteiger partial charge in [0.25, 0.3) is 0 Å². The van der Waals surface area contributed by atoms with E-state index in [1.165, 1.54) is 0 Å². The van der Waals surface area contributed by atoms with Crippen LogP contribution in [-0.4, -0.2) is 16.3 Å². The molecule has 0 N–H and O–H groups in total. The standard InChI is InChI=1S/C10H12N2O/c1-8-11-5-2-9(12-8)6-10(7-13)3-4-10/h2,5,7H,3-4,6H2,1H3. The summed E-state index contributed by atoms with van der Waals surface area (Å²) >= 11 is 0. The van der Waals surface area contributed by atoms with E-state index in [9.17, 15) is 4.79 Å². The fourth-order valence-corrected chi connectivity index (χ4v) is 1.46. The Morgan fingerprint density at radius 1 is 1.62 bits per heavy atom. The molecule has 68 valence electrons. The second-order valence-electron chi connectivity index (χ2n) is 3.75. The van der Waals surface area contributed by atoms with Crippen LogP contribution in [-0.2, 0) is 11.2 Å². The lowest BCUT2D eigenvalue weighted by atomic mass is 10.0. The van der Waals surface area contributed by atoms with Crippen molar-refractivity contribution < 1.29 is 4.79 Å². The number of nitrogens with zero attached hydrogens (tertiary/aromatic N) is 2. The Labute approximate surface area is 77.2 Å². The summed E-state index contributed by atoms with van der Waals surface area (Å²) in [6, 6.07) is 1.89. The van der Waals surface area contributed by atoms with Gasteiger partial charge in [-0.2, -0.15) is 0 Å². The molecule has 1 aliphatic rings. The lowest BCUT2D eigenvalue weighted by molar-refractivity contribution is -0.112. The number of aryl methyl sites for hydroxylation is 1. The molecule has 1 aliphatic carbocycles. The minimum absolute atomic E-state index is 0.0825. The lowest BCUT2D eigenvalue weighted by Gasteiger charge is -2.05. The Morgan fingerprint density at radius 2 is 2.38 bits per heavy atom. The normalized spacial score (nSPS) is 18.2. The third-order valence-electron chi connectivity index (χ3n) is 2.51. The van der Waals surface area contributed by atoms with Crippen molar-refractivity contribution in [2.24, 2.45) is 5.41 Å².